The molecule has 1 aromatic heterocycles. The average Bonchev–Trinajstić information content (AvgIpc) is 3.37. The van der Waals surface area contributed by atoms with Crippen LogP contribution in [0.25, 0.3) is 5.76 Å². The van der Waals surface area contributed by atoms with E-state index in [9.17, 15) is 39.6 Å². The number of nitrogens with two attached hydrogens (primary N) is 1. The zero-order valence-corrected chi connectivity index (χ0v) is 21.4. The molecule has 0 unspecified atom stereocenters. The van der Waals surface area contributed by atoms with E-state index in [0.29, 0.717) is 0 Å². The molecule has 1 saturated carbocycles. The van der Waals surface area contributed by atoms with Crippen LogP contribution < -0.4 is 11.1 Å². The summed E-state index contributed by atoms with van der Waals surface area (Å²) >= 11 is 0. The molecule has 13 nitrogen and oxygen atoms in total. The van der Waals surface area contributed by atoms with Crippen LogP contribution in [-0.4, -0.2) is 84.2 Å². The molecule has 5 rings (SSSR count). The second-order valence-electron chi connectivity index (χ2n) is 10.3. The van der Waals surface area contributed by atoms with Gasteiger partial charge in [-0.1, -0.05) is 0 Å². The Bertz CT molecular complexity index is 1550. The van der Waals surface area contributed by atoms with E-state index in [4.69, 9.17) is 5.73 Å². The Morgan fingerprint density at radius 3 is 2.58 bits per heavy atom. The van der Waals surface area contributed by atoms with Crippen molar-refractivity contribution in [1.29, 1.82) is 0 Å². The van der Waals surface area contributed by atoms with Gasteiger partial charge < -0.3 is 31.5 Å². The van der Waals surface area contributed by atoms with E-state index >= 15 is 4.39 Å². The second kappa shape index (κ2) is 9.27. The highest BCUT2D eigenvalue weighted by molar-refractivity contribution is 6.24. The van der Waals surface area contributed by atoms with Gasteiger partial charge in [-0.15, -0.1) is 0 Å². The molecule has 14 heteroatoms. The summed E-state index contributed by atoms with van der Waals surface area (Å²) in [4.78, 5) is 52.8. The lowest BCUT2D eigenvalue weighted by Gasteiger charge is -2.50. The van der Waals surface area contributed by atoms with Gasteiger partial charge in [-0.3, -0.25) is 28.8 Å². The number of nitrogens with zero attached hydrogens (tertiary/aromatic N) is 3. The van der Waals surface area contributed by atoms with E-state index in [1.54, 1.807) is 6.07 Å². The summed E-state index contributed by atoms with van der Waals surface area (Å²) in [7, 11) is 2.96. The quantitative estimate of drug-likeness (QED) is 0.214. The van der Waals surface area contributed by atoms with Crippen molar-refractivity contribution in [2.45, 2.75) is 31.0 Å². The van der Waals surface area contributed by atoms with Gasteiger partial charge >= 0.3 is 0 Å². The maximum Gasteiger partial charge on any atom is 0.255 e. The predicted molar refractivity (Wildman–Crippen MR) is 135 cm³/mol. The fourth-order valence-corrected chi connectivity index (χ4v) is 6.09. The Morgan fingerprint density at radius 1 is 1.27 bits per heavy atom. The Morgan fingerprint density at radius 2 is 1.98 bits per heavy atom. The van der Waals surface area contributed by atoms with Crippen LogP contribution in [0.15, 0.2) is 41.4 Å². The first kappa shape index (κ1) is 27.0. The molecule has 4 atom stereocenters. The number of ketones is 2. The van der Waals surface area contributed by atoms with Gasteiger partial charge in [0.25, 0.3) is 5.91 Å². The fraction of sp³-hybridized carbons (Fsp3) is 0.346. The summed E-state index contributed by atoms with van der Waals surface area (Å²) in [6.45, 7) is -0.257. The normalized spacial score (nSPS) is 26.0. The number of amides is 2. The Kier molecular flexibility index (Phi) is 6.27. The van der Waals surface area contributed by atoms with E-state index in [1.807, 2.05) is 0 Å². The zero-order valence-electron chi connectivity index (χ0n) is 21.4. The van der Waals surface area contributed by atoms with Gasteiger partial charge in [0.1, 0.15) is 29.5 Å². The molecule has 2 aromatic rings. The number of benzene rings is 1. The highest BCUT2D eigenvalue weighted by atomic mass is 19.1. The summed E-state index contributed by atoms with van der Waals surface area (Å²) in [6.07, 6.45) is 2.58. The molecule has 210 valence electrons. The van der Waals surface area contributed by atoms with E-state index in [2.05, 4.69) is 10.4 Å². The van der Waals surface area contributed by atoms with Gasteiger partial charge in [0, 0.05) is 35.5 Å². The smallest absolute Gasteiger partial charge is 0.255 e. The summed E-state index contributed by atoms with van der Waals surface area (Å²) < 4.78 is 16.6. The van der Waals surface area contributed by atoms with Crippen LogP contribution in [0.1, 0.15) is 17.5 Å². The Labute approximate surface area is 226 Å². The second-order valence-corrected chi connectivity index (χ2v) is 10.3. The third-order valence-electron chi connectivity index (χ3n) is 7.81. The number of phenolic OH excluding ortho intramolecular Hbond substituents is 1. The third-order valence-corrected chi connectivity index (χ3v) is 7.81. The number of nitrogens with one attached hydrogen (secondary N) is 1. The summed E-state index contributed by atoms with van der Waals surface area (Å²) in [5, 5.41) is 50.9. The number of aromatic hydroxyl groups is 1. The summed E-state index contributed by atoms with van der Waals surface area (Å²) in [6, 6.07) is 1.23. The lowest BCUT2D eigenvalue weighted by Crippen LogP contribution is -2.65. The number of likely N-dealkylation sites (N-methyl/N-ethyl adjacent to an activating group) is 1. The number of primary amides is 1. The number of anilines is 1. The molecule has 0 saturated heterocycles. The van der Waals surface area contributed by atoms with Crippen LogP contribution in [-0.2, 0) is 32.1 Å². The minimum Gasteiger partial charge on any atom is -0.508 e. The minimum atomic E-state index is -2.81. The number of hydrogen-bond acceptors (Lipinski definition) is 10. The van der Waals surface area contributed by atoms with E-state index in [1.165, 1.54) is 36.1 Å². The first-order chi connectivity index (χ1) is 18.8. The number of aliphatic hydroxyl groups excluding tert-OH is 2. The highest BCUT2D eigenvalue weighted by Crippen LogP contribution is 2.53. The molecule has 0 bridgehead atoms. The molecule has 1 aromatic carbocycles. The number of rotatable bonds is 5. The summed E-state index contributed by atoms with van der Waals surface area (Å²) in [5.74, 6) is -10.0. The number of halogens is 1. The molecule has 0 radical (unpaired) electrons. The number of carbonyl (C=O) groups excluding carboxylic acids is 4. The number of aromatic nitrogens is 2. The maximum atomic E-state index is 15.3. The van der Waals surface area contributed by atoms with E-state index < -0.39 is 86.7 Å². The number of hydrogen-bond donors (Lipinski definition) is 6. The predicted octanol–water partition coefficient (Wildman–Crippen LogP) is -0.0617. The minimum absolute atomic E-state index is 0.145. The van der Waals surface area contributed by atoms with Gasteiger partial charge in [-0.2, -0.15) is 5.10 Å². The van der Waals surface area contributed by atoms with Crippen molar-refractivity contribution in [3.63, 3.8) is 0 Å². The molecule has 1 fully saturated rings. The van der Waals surface area contributed by atoms with Gasteiger partial charge in [-0.25, -0.2) is 4.39 Å². The van der Waals surface area contributed by atoms with Crippen LogP contribution in [0, 0.1) is 17.7 Å². The van der Waals surface area contributed by atoms with Crippen molar-refractivity contribution in [2.24, 2.45) is 17.6 Å². The number of fused-ring (bicyclic) bond motifs is 3. The van der Waals surface area contributed by atoms with Crippen LogP contribution >= 0.6 is 0 Å². The molecular weight excluding hydrogens is 529 g/mol. The molecule has 2 amide bonds. The topological polar surface area (TPSA) is 208 Å². The molecule has 1 heterocycles. The van der Waals surface area contributed by atoms with Crippen molar-refractivity contribution >= 4 is 34.8 Å². The highest BCUT2D eigenvalue weighted by Gasteiger charge is 2.64. The van der Waals surface area contributed by atoms with Gasteiger partial charge in [0.2, 0.25) is 11.7 Å². The molecule has 0 spiro atoms. The standard InChI is InChI=1S/C26H26FN5O8/c1-31(2)19-12-7-10-6-11-13(27)8-14(30-15(33)9-32-5-3-4-29-32)20(34)17(11)21(35)16(10)23(37)26(12,40)24(38)18(22(19)36)25(28)39/h3-5,8,10,12,19,34-35,38,40H,6-7,9H2,1-2H3,(H2,28,39)(H,30,33)/t10-,12-,19-,26-/m0/s1. The lowest BCUT2D eigenvalue weighted by atomic mass is 9.57. The van der Waals surface area contributed by atoms with Crippen molar-refractivity contribution in [1.82, 2.24) is 14.7 Å². The van der Waals surface area contributed by atoms with Crippen LogP contribution in [0.5, 0.6) is 5.75 Å². The number of Topliss-reactive ketones (excluding diaryl/α,β-unsaturated/α-hetero) is 2. The molecular formula is C26H26FN5O8. The van der Waals surface area contributed by atoms with Crippen LogP contribution in [0.4, 0.5) is 10.1 Å². The van der Waals surface area contributed by atoms with Crippen molar-refractivity contribution in [3.05, 3.63) is 58.4 Å². The molecule has 0 aliphatic heterocycles. The Hall–Kier alpha value is -4.56. The van der Waals surface area contributed by atoms with Crippen molar-refractivity contribution in [2.75, 3.05) is 19.4 Å². The SMILES string of the molecule is CN(C)[C@@H]1C(=O)C(C(N)=O)=C(O)[C@@]2(O)C(=O)C3=C(O)c4c(O)c(NC(=O)Cn5cccn5)cc(F)c4C[C@H]3C[C@@H]12. The monoisotopic (exact) mass is 555 g/mol. The average molecular weight is 556 g/mol. The van der Waals surface area contributed by atoms with Crippen LogP contribution in [0.2, 0.25) is 0 Å². The zero-order chi connectivity index (χ0) is 29.3. The number of aliphatic hydroxyl groups is 3. The number of phenols is 1. The molecule has 7 N–H and O–H groups in total. The van der Waals surface area contributed by atoms with Crippen molar-refractivity contribution in [3.8, 4) is 5.75 Å². The number of carbonyl (C=O) groups is 4. The largest absolute Gasteiger partial charge is 0.508 e. The fourth-order valence-electron chi connectivity index (χ4n) is 6.09. The lowest BCUT2D eigenvalue weighted by molar-refractivity contribution is -0.153. The first-order valence-corrected chi connectivity index (χ1v) is 12.2. The van der Waals surface area contributed by atoms with E-state index in [-0.39, 0.29) is 30.6 Å². The molecule has 40 heavy (non-hydrogen) atoms. The van der Waals surface area contributed by atoms with Gasteiger partial charge in [0.15, 0.2) is 17.1 Å². The Balaban J connectivity index is 1.62. The third kappa shape index (κ3) is 3.78. The van der Waals surface area contributed by atoms with Gasteiger partial charge in [-0.05, 0) is 38.9 Å². The summed E-state index contributed by atoms with van der Waals surface area (Å²) in [5.41, 5.74) is 0.134. The first-order valence-electron chi connectivity index (χ1n) is 12.2. The van der Waals surface area contributed by atoms with Crippen molar-refractivity contribution < 1.29 is 44.0 Å². The van der Waals surface area contributed by atoms with Crippen LogP contribution in [0.3, 0.4) is 0 Å². The van der Waals surface area contributed by atoms with E-state index in [0.717, 1.165) is 6.07 Å². The molecule has 3 aliphatic rings. The van der Waals surface area contributed by atoms with Gasteiger partial charge in [0.05, 0.1) is 17.3 Å². The molecule has 3 aliphatic carbocycles. The maximum absolute atomic E-state index is 15.3.